The minimum absolute atomic E-state index is 0.118. The number of nitrogens with zero attached hydrogens (tertiary/aromatic N) is 2. The summed E-state index contributed by atoms with van der Waals surface area (Å²) in [6.45, 7) is 0.604. The third-order valence-corrected chi connectivity index (χ3v) is 6.00. The van der Waals surface area contributed by atoms with Crippen LogP contribution in [0.5, 0.6) is 0 Å². The minimum atomic E-state index is -3.51. The molecular formula is C18H18N2O5S. The first kappa shape index (κ1) is 18.2. The molecule has 136 valence electrons. The van der Waals surface area contributed by atoms with Gasteiger partial charge in [-0.15, -0.1) is 0 Å². The average Bonchev–Trinajstić information content (AvgIpc) is 3.22. The summed E-state index contributed by atoms with van der Waals surface area (Å²) < 4.78 is 31.3. The van der Waals surface area contributed by atoms with E-state index < -0.39 is 28.4 Å². The number of Topliss-reactive ketones (excluding diaryl/α,β-unsaturated/α-hetero) is 1. The number of aromatic nitrogens is 1. The molecule has 26 heavy (non-hydrogen) atoms. The van der Waals surface area contributed by atoms with Crippen molar-refractivity contribution in [2.45, 2.75) is 17.7 Å². The van der Waals surface area contributed by atoms with Crippen LogP contribution in [0.2, 0.25) is 0 Å². The fourth-order valence-electron chi connectivity index (χ4n) is 2.66. The molecule has 8 heteroatoms. The number of ether oxygens (including phenoxy) is 1. The van der Waals surface area contributed by atoms with Crippen LogP contribution in [0.25, 0.3) is 0 Å². The van der Waals surface area contributed by atoms with Gasteiger partial charge in [-0.05, 0) is 49.2 Å². The maximum Gasteiger partial charge on any atom is 0.357 e. The lowest BCUT2D eigenvalue weighted by atomic mass is 10.1. The summed E-state index contributed by atoms with van der Waals surface area (Å²) in [7, 11) is -3.51. The van der Waals surface area contributed by atoms with E-state index in [4.69, 9.17) is 4.74 Å². The monoisotopic (exact) mass is 374 g/mol. The zero-order valence-electron chi connectivity index (χ0n) is 14.0. The van der Waals surface area contributed by atoms with Crippen LogP contribution in [0.1, 0.15) is 33.7 Å². The van der Waals surface area contributed by atoms with E-state index >= 15 is 0 Å². The van der Waals surface area contributed by atoms with Gasteiger partial charge in [0, 0.05) is 24.8 Å². The summed E-state index contributed by atoms with van der Waals surface area (Å²) in [5, 5.41) is 0. The number of hydrogen-bond donors (Lipinski definition) is 0. The van der Waals surface area contributed by atoms with Gasteiger partial charge in [-0.1, -0.05) is 6.07 Å². The molecule has 1 fully saturated rings. The Labute approximate surface area is 151 Å². The van der Waals surface area contributed by atoms with Gasteiger partial charge in [0.15, 0.2) is 12.4 Å². The van der Waals surface area contributed by atoms with Crippen LogP contribution >= 0.6 is 0 Å². The van der Waals surface area contributed by atoms with Gasteiger partial charge in [0.25, 0.3) is 0 Å². The lowest BCUT2D eigenvalue weighted by molar-refractivity contribution is 0.0469. The molecule has 1 aromatic carbocycles. The van der Waals surface area contributed by atoms with Crippen LogP contribution < -0.4 is 0 Å². The Bertz CT molecular complexity index is 889. The molecule has 3 rings (SSSR count). The van der Waals surface area contributed by atoms with Crippen LogP contribution in [-0.4, -0.2) is 49.2 Å². The van der Waals surface area contributed by atoms with Crippen molar-refractivity contribution < 1.29 is 22.7 Å². The standard InChI is InChI=1S/C18H18N2O5S/c21-17(13-25-18(22)16-5-1-2-10-19-16)14-6-8-15(9-7-14)26(23,24)20-11-3-4-12-20/h1-2,5-10H,3-4,11-13H2. The van der Waals surface area contributed by atoms with Crippen molar-refractivity contribution in [1.29, 1.82) is 0 Å². The Morgan fingerprint density at radius 1 is 1.04 bits per heavy atom. The van der Waals surface area contributed by atoms with E-state index in [2.05, 4.69) is 4.98 Å². The van der Waals surface area contributed by atoms with Crippen LogP contribution in [0.15, 0.2) is 53.6 Å². The summed E-state index contributed by atoms with van der Waals surface area (Å²) in [6, 6.07) is 10.5. The van der Waals surface area contributed by atoms with E-state index in [9.17, 15) is 18.0 Å². The predicted molar refractivity (Wildman–Crippen MR) is 93.3 cm³/mol. The normalized spacial score (nSPS) is 14.9. The molecule has 1 aliphatic rings. The number of benzene rings is 1. The highest BCUT2D eigenvalue weighted by molar-refractivity contribution is 7.89. The number of carbonyl (C=O) groups is 2. The average molecular weight is 374 g/mol. The molecule has 0 unspecified atom stereocenters. The smallest absolute Gasteiger partial charge is 0.357 e. The number of ketones is 1. The summed E-state index contributed by atoms with van der Waals surface area (Å²) in [5.41, 5.74) is 0.395. The van der Waals surface area contributed by atoms with Gasteiger partial charge in [0.1, 0.15) is 5.69 Å². The van der Waals surface area contributed by atoms with Gasteiger partial charge >= 0.3 is 5.97 Å². The van der Waals surface area contributed by atoms with Crippen molar-refractivity contribution in [3.63, 3.8) is 0 Å². The maximum atomic E-state index is 12.5. The first-order valence-corrected chi connectivity index (χ1v) is 9.64. The molecule has 0 spiro atoms. The van der Waals surface area contributed by atoms with Crippen LogP contribution in [0, 0.1) is 0 Å². The highest BCUT2D eigenvalue weighted by atomic mass is 32.2. The molecule has 1 aromatic heterocycles. The minimum Gasteiger partial charge on any atom is -0.453 e. The van der Waals surface area contributed by atoms with Crippen molar-refractivity contribution in [2.75, 3.05) is 19.7 Å². The number of carbonyl (C=O) groups excluding carboxylic acids is 2. The molecule has 1 saturated heterocycles. The van der Waals surface area contributed by atoms with Gasteiger partial charge in [-0.25, -0.2) is 18.2 Å². The van der Waals surface area contributed by atoms with Gasteiger partial charge in [-0.2, -0.15) is 4.31 Å². The molecule has 1 aliphatic heterocycles. The van der Waals surface area contributed by atoms with E-state index in [1.165, 1.54) is 40.8 Å². The first-order valence-electron chi connectivity index (χ1n) is 8.20. The van der Waals surface area contributed by atoms with E-state index in [1.54, 1.807) is 12.1 Å². The van der Waals surface area contributed by atoms with E-state index in [0.29, 0.717) is 13.1 Å². The highest BCUT2D eigenvalue weighted by Gasteiger charge is 2.27. The zero-order chi connectivity index (χ0) is 18.6. The van der Waals surface area contributed by atoms with Crippen molar-refractivity contribution >= 4 is 21.8 Å². The Balaban J connectivity index is 1.63. The fraction of sp³-hybridized carbons (Fsp3) is 0.278. The quantitative estimate of drug-likeness (QED) is 0.566. The molecule has 0 aliphatic carbocycles. The maximum absolute atomic E-state index is 12.5. The van der Waals surface area contributed by atoms with Gasteiger partial charge in [0.2, 0.25) is 10.0 Å². The summed E-state index contributed by atoms with van der Waals surface area (Å²) >= 11 is 0. The third kappa shape index (κ3) is 3.97. The Hall–Kier alpha value is -2.58. The van der Waals surface area contributed by atoms with Crippen LogP contribution in [0.4, 0.5) is 0 Å². The largest absolute Gasteiger partial charge is 0.453 e. The Morgan fingerprint density at radius 3 is 2.35 bits per heavy atom. The molecule has 0 saturated carbocycles. The number of hydrogen-bond acceptors (Lipinski definition) is 6. The second kappa shape index (κ2) is 7.76. The molecule has 2 aromatic rings. The molecule has 0 radical (unpaired) electrons. The van der Waals surface area contributed by atoms with Gasteiger partial charge < -0.3 is 4.74 Å². The summed E-state index contributed by atoms with van der Waals surface area (Å²) in [6.07, 6.45) is 3.17. The third-order valence-electron chi connectivity index (χ3n) is 4.09. The lowest BCUT2D eigenvalue weighted by Gasteiger charge is -2.15. The number of rotatable bonds is 6. The molecule has 0 amide bonds. The summed E-state index contributed by atoms with van der Waals surface area (Å²) in [5.74, 6) is -1.11. The first-order chi connectivity index (χ1) is 12.5. The summed E-state index contributed by atoms with van der Waals surface area (Å²) in [4.78, 5) is 27.9. The molecule has 0 atom stereocenters. The highest BCUT2D eigenvalue weighted by Crippen LogP contribution is 2.21. The van der Waals surface area contributed by atoms with E-state index in [1.807, 2.05) is 0 Å². The molecule has 7 nitrogen and oxygen atoms in total. The van der Waals surface area contributed by atoms with E-state index in [0.717, 1.165) is 12.8 Å². The molecular weight excluding hydrogens is 356 g/mol. The van der Waals surface area contributed by atoms with Crippen molar-refractivity contribution in [2.24, 2.45) is 0 Å². The van der Waals surface area contributed by atoms with E-state index in [-0.39, 0.29) is 16.2 Å². The van der Waals surface area contributed by atoms with Gasteiger partial charge in [-0.3, -0.25) is 4.79 Å². The predicted octanol–water partition coefficient (Wildman–Crippen LogP) is 1.91. The second-order valence-electron chi connectivity index (χ2n) is 5.85. The Kier molecular flexibility index (Phi) is 5.43. The van der Waals surface area contributed by atoms with Crippen LogP contribution in [-0.2, 0) is 14.8 Å². The molecule has 0 N–H and O–H groups in total. The van der Waals surface area contributed by atoms with Crippen molar-refractivity contribution in [3.05, 3.63) is 59.9 Å². The molecule has 2 heterocycles. The topological polar surface area (TPSA) is 93.6 Å². The van der Waals surface area contributed by atoms with Gasteiger partial charge in [0.05, 0.1) is 4.90 Å². The Morgan fingerprint density at radius 2 is 1.73 bits per heavy atom. The fourth-order valence-corrected chi connectivity index (χ4v) is 4.18. The lowest BCUT2D eigenvalue weighted by Crippen LogP contribution is -2.27. The van der Waals surface area contributed by atoms with Crippen molar-refractivity contribution in [3.8, 4) is 0 Å². The SMILES string of the molecule is O=C(COC(=O)c1ccccn1)c1ccc(S(=O)(=O)N2CCCC2)cc1. The number of esters is 1. The van der Waals surface area contributed by atoms with Crippen molar-refractivity contribution in [1.82, 2.24) is 9.29 Å². The van der Waals surface area contributed by atoms with Crippen LogP contribution in [0.3, 0.4) is 0 Å². The zero-order valence-corrected chi connectivity index (χ0v) is 14.8. The number of sulfonamides is 1. The molecule has 0 bridgehead atoms. The number of pyridine rings is 1. The second-order valence-corrected chi connectivity index (χ2v) is 7.79.